The Morgan fingerprint density at radius 3 is 2.03 bits per heavy atom. The zero-order valence-electron chi connectivity index (χ0n) is 17.8. The van der Waals surface area contributed by atoms with Crippen LogP contribution in [0.15, 0.2) is 71.9 Å². The van der Waals surface area contributed by atoms with Crippen LogP contribution < -0.4 is 10.1 Å². The molecule has 0 saturated heterocycles. The van der Waals surface area contributed by atoms with Crippen LogP contribution >= 0.6 is 0 Å². The van der Waals surface area contributed by atoms with Gasteiger partial charge in [0.2, 0.25) is 0 Å². The second-order valence-corrected chi connectivity index (χ2v) is 7.62. The number of aliphatic imine (C=N–C) groups is 1. The van der Waals surface area contributed by atoms with Gasteiger partial charge in [-0.25, -0.2) is 9.98 Å². The van der Waals surface area contributed by atoms with Crippen LogP contribution in [0, 0.1) is 0 Å². The van der Waals surface area contributed by atoms with Crippen molar-refractivity contribution >= 4 is 17.3 Å². The highest BCUT2D eigenvalue weighted by Crippen LogP contribution is 2.33. The number of hydrogen-bond donors (Lipinski definition) is 1. The molecule has 1 N–H and O–H groups in total. The Hall–Kier alpha value is -3.14. The van der Waals surface area contributed by atoms with E-state index in [4.69, 9.17) is 9.73 Å². The average molecular weight is 388 g/mol. The van der Waals surface area contributed by atoms with E-state index in [1.54, 1.807) is 13.3 Å². The summed E-state index contributed by atoms with van der Waals surface area (Å²) in [6, 6.07) is 20.2. The number of amidine groups is 1. The van der Waals surface area contributed by atoms with Gasteiger partial charge in [-0.2, -0.15) is 0 Å². The lowest BCUT2D eigenvalue weighted by molar-refractivity contribution is 0.415. The van der Waals surface area contributed by atoms with Crippen molar-refractivity contribution in [1.29, 1.82) is 0 Å². The topological polar surface area (TPSA) is 46.5 Å². The quantitative estimate of drug-likeness (QED) is 0.386. The van der Waals surface area contributed by atoms with Crippen molar-refractivity contribution in [1.82, 2.24) is 4.98 Å². The Morgan fingerprint density at radius 2 is 1.52 bits per heavy atom. The van der Waals surface area contributed by atoms with Crippen molar-refractivity contribution in [2.45, 2.75) is 39.5 Å². The molecule has 29 heavy (non-hydrogen) atoms. The highest BCUT2D eigenvalue weighted by molar-refractivity contribution is 6.10. The molecule has 1 aromatic heterocycles. The van der Waals surface area contributed by atoms with Crippen LogP contribution in [0.5, 0.6) is 5.75 Å². The number of rotatable bonds is 6. The van der Waals surface area contributed by atoms with Gasteiger partial charge in [0.1, 0.15) is 11.6 Å². The number of methoxy groups -OCH3 is 1. The third-order valence-electron chi connectivity index (χ3n) is 4.86. The summed E-state index contributed by atoms with van der Waals surface area (Å²) < 4.78 is 5.31. The Bertz CT molecular complexity index is 935. The zero-order valence-corrected chi connectivity index (χ0v) is 17.8. The molecule has 0 atom stereocenters. The van der Waals surface area contributed by atoms with Crippen molar-refractivity contribution in [2.75, 3.05) is 12.4 Å². The first-order valence-corrected chi connectivity index (χ1v) is 10.0. The van der Waals surface area contributed by atoms with Crippen LogP contribution in [-0.4, -0.2) is 17.9 Å². The van der Waals surface area contributed by atoms with E-state index in [9.17, 15) is 0 Å². The fraction of sp³-hybridized carbons (Fsp3) is 0.280. The van der Waals surface area contributed by atoms with Gasteiger partial charge in [0, 0.05) is 17.4 Å². The number of anilines is 1. The minimum Gasteiger partial charge on any atom is -0.497 e. The van der Waals surface area contributed by atoms with Gasteiger partial charge in [-0.05, 0) is 59.4 Å². The van der Waals surface area contributed by atoms with Crippen molar-refractivity contribution in [3.63, 3.8) is 0 Å². The van der Waals surface area contributed by atoms with Gasteiger partial charge in [-0.15, -0.1) is 0 Å². The molecule has 0 radical (unpaired) electrons. The molecule has 0 saturated carbocycles. The van der Waals surface area contributed by atoms with Crippen molar-refractivity contribution < 1.29 is 4.74 Å². The van der Waals surface area contributed by atoms with Gasteiger partial charge in [0.15, 0.2) is 5.82 Å². The predicted molar refractivity (Wildman–Crippen MR) is 122 cm³/mol. The zero-order chi connectivity index (χ0) is 20.8. The standard InChI is InChI=1S/C25H29N3O/c1-17(2)21-9-8-10-22(18(3)4)24(21)28-25(27-23-11-6-7-16-26-23)19-12-14-20(29-5)15-13-19/h6-18H,1-5H3,(H,26,27,28). The summed E-state index contributed by atoms with van der Waals surface area (Å²) in [5.74, 6) is 3.03. The molecular formula is C25H29N3O. The minimum atomic E-state index is 0.392. The second kappa shape index (κ2) is 9.37. The van der Waals surface area contributed by atoms with Gasteiger partial charge in [0.25, 0.3) is 0 Å². The lowest BCUT2D eigenvalue weighted by Gasteiger charge is -2.22. The summed E-state index contributed by atoms with van der Waals surface area (Å²) in [6.45, 7) is 8.86. The molecule has 4 nitrogen and oxygen atoms in total. The fourth-order valence-electron chi connectivity index (χ4n) is 3.26. The Labute approximate surface area is 173 Å². The summed E-state index contributed by atoms with van der Waals surface area (Å²) in [4.78, 5) is 9.22. The molecule has 0 aliphatic carbocycles. The van der Waals surface area contributed by atoms with Crippen LogP contribution in [0.3, 0.4) is 0 Å². The summed E-state index contributed by atoms with van der Waals surface area (Å²) in [5, 5.41) is 3.65. The van der Waals surface area contributed by atoms with E-state index >= 15 is 0 Å². The number of nitrogens with one attached hydrogen (secondary N) is 1. The summed E-state index contributed by atoms with van der Waals surface area (Å²) >= 11 is 0. The normalized spacial score (nSPS) is 11.8. The molecule has 3 aromatic rings. The number of aromatic nitrogens is 1. The van der Waals surface area contributed by atoms with Crippen molar-refractivity contribution in [2.24, 2.45) is 4.99 Å². The van der Waals surface area contributed by atoms with E-state index in [1.807, 2.05) is 42.5 Å². The van der Waals surface area contributed by atoms with Gasteiger partial charge >= 0.3 is 0 Å². The highest BCUT2D eigenvalue weighted by Gasteiger charge is 2.16. The molecule has 0 fully saturated rings. The SMILES string of the molecule is COc1ccc(/C(=N/c2ccccn2)Nc2c(C(C)C)cccc2C(C)C)cc1. The number of nitrogens with zero attached hydrogens (tertiary/aromatic N) is 2. The first-order valence-electron chi connectivity index (χ1n) is 10.0. The molecule has 2 aromatic carbocycles. The average Bonchev–Trinajstić information content (AvgIpc) is 2.74. The lowest BCUT2D eigenvalue weighted by atomic mass is 9.92. The van der Waals surface area contributed by atoms with E-state index in [0.717, 1.165) is 22.8 Å². The first kappa shape index (κ1) is 20.6. The molecule has 0 aliphatic heterocycles. The van der Waals surface area contributed by atoms with Crippen LogP contribution in [0.2, 0.25) is 0 Å². The van der Waals surface area contributed by atoms with Crippen molar-refractivity contribution in [3.8, 4) is 5.75 Å². The molecule has 0 amide bonds. The second-order valence-electron chi connectivity index (χ2n) is 7.62. The maximum atomic E-state index is 5.31. The number of para-hydroxylation sites is 1. The van der Waals surface area contributed by atoms with Crippen molar-refractivity contribution in [3.05, 3.63) is 83.6 Å². The minimum absolute atomic E-state index is 0.392. The summed E-state index contributed by atoms with van der Waals surface area (Å²) in [6.07, 6.45) is 1.76. The molecular weight excluding hydrogens is 358 g/mol. The van der Waals surface area contributed by atoms with Gasteiger partial charge in [-0.3, -0.25) is 0 Å². The lowest BCUT2D eigenvalue weighted by Crippen LogP contribution is -2.17. The van der Waals surface area contributed by atoms with Gasteiger partial charge in [0.05, 0.1) is 7.11 Å². The molecule has 1 heterocycles. The molecule has 0 bridgehead atoms. The van der Waals surface area contributed by atoms with E-state index in [2.05, 4.69) is 56.2 Å². The van der Waals surface area contributed by atoms with E-state index < -0.39 is 0 Å². The number of ether oxygens (including phenoxy) is 1. The van der Waals surface area contributed by atoms with Crippen LogP contribution in [0.25, 0.3) is 0 Å². The Balaban J connectivity index is 2.12. The molecule has 150 valence electrons. The molecule has 4 heteroatoms. The number of hydrogen-bond acceptors (Lipinski definition) is 3. The van der Waals surface area contributed by atoms with Crippen LogP contribution in [0.1, 0.15) is 56.2 Å². The van der Waals surface area contributed by atoms with E-state index in [1.165, 1.54) is 11.1 Å². The molecule has 0 spiro atoms. The smallest absolute Gasteiger partial charge is 0.154 e. The summed E-state index contributed by atoms with van der Waals surface area (Å²) in [5.41, 5.74) is 4.66. The number of pyridine rings is 1. The van der Waals surface area contributed by atoms with Gasteiger partial charge in [-0.1, -0.05) is 52.0 Å². The first-order chi connectivity index (χ1) is 14.0. The maximum Gasteiger partial charge on any atom is 0.154 e. The largest absolute Gasteiger partial charge is 0.497 e. The Kier molecular flexibility index (Phi) is 6.65. The monoisotopic (exact) mass is 387 g/mol. The molecule has 3 rings (SSSR count). The van der Waals surface area contributed by atoms with E-state index in [0.29, 0.717) is 17.7 Å². The van der Waals surface area contributed by atoms with Gasteiger partial charge < -0.3 is 10.1 Å². The number of benzene rings is 2. The van der Waals surface area contributed by atoms with Crippen LogP contribution in [0.4, 0.5) is 11.5 Å². The molecule has 0 unspecified atom stereocenters. The van der Waals surface area contributed by atoms with Crippen LogP contribution in [-0.2, 0) is 0 Å². The Morgan fingerprint density at radius 1 is 0.862 bits per heavy atom. The highest BCUT2D eigenvalue weighted by atomic mass is 16.5. The van der Waals surface area contributed by atoms with E-state index in [-0.39, 0.29) is 0 Å². The fourth-order valence-corrected chi connectivity index (χ4v) is 3.26. The third-order valence-corrected chi connectivity index (χ3v) is 4.86. The molecule has 0 aliphatic rings. The third kappa shape index (κ3) is 5.02. The summed E-state index contributed by atoms with van der Waals surface area (Å²) in [7, 11) is 1.67. The maximum absolute atomic E-state index is 5.31. The predicted octanol–water partition coefficient (Wildman–Crippen LogP) is 6.53.